The number of amides is 1. The molecule has 26 heavy (non-hydrogen) atoms. The first-order valence-corrected chi connectivity index (χ1v) is 10.1. The number of nitrogens with zero attached hydrogens (tertiary/aromatic N) is 1. The summed E-state index contributed by atoms with van der Waals surface area (Å²) in [6.07, 6.45) is 2.60. The highest BCUT2D eigenvalue weighted by Crippen LogP contribution is 2.26. The van der Waals surface area contributed by atoms with E-state index in [1.165, 1.54) is 10.4 Å². The van der Waals surface area contributed by atoms with Gasteiger partial charge < -0.3 is 11.1 Å². The molecule has 1 fully saturated rings. The van der Waals surface area contributed by atoms with Crippen LogP contribution < -0.4 is 11.1 Å². The lowest BCUT2D eigenvalue weighted by atomic mass is 9.97. The van der Waals surface area contributed by atoms with E-state index in [9.17, 15) is 17.6 Å². The lowest BCUT2D eigenvalue weighted by Crippen LogP contribution is -2.43. The average Bonchev–Trinajstić information content (AvgIpc) is 2.61. The zero-order chi connectivity index (χ0) is 18.4. The number of benzene rings is 1. The molecule has 0 saturated carbocycles. The molecule has 3 N–H and O–H groups in total. The first-order chi connectivity index (χ1) is 11.9. The summed E-state index contributed by atoms with van der Waals surface area (Å²) in [6, 6.07) is 3.35. The van der Waals surface area contributed by atoms with Crippen molar-refractivity contribution in [2.24, 2.45) is 11.7 Å². The standard InChI is InChI=1S/C16H23ClFN3O3S.ClH/c17-14-11-13(3-4-15(14)18)25(23,24)21-9-5-12(6-10-21)16(22)20-8-2-1-7-19;/h3-4,11-12H,1-2,5-10,19H2,(H,20,22);1H. The number of carbonyl (C=O) groups excluding carboxylic acids is 1. The molecule has 0 radical (unpaired) electrons. The fourth-order valence-electron chi connectivity index (χ4n) is 2.77. The second kappa shape index (κ2) is 10.4. The second-order valence-corrected chi connectivity index (χ2v) is 8.39. The van der Waals surface area contributed by atoms with E-state index in [2.05, 4.69) is 5.32 Å². The molecule has 0 unspecified atom stereocenters. The van der Waals surface area contributed by atoms with Crippen LogP contribution in [0.5, 0.6) is 0 Å². The van der Waals surface area contributed by atoms with E-state index in [-0.39, 0.29) is 47.2 Å². The maximum atomic E-state index is 13.2. The molecule has 1 aliphatic rings. The molecular weight excluding hydrogens is 404 g/mol. The van der Waals surface area contributed by atoms with Gasteiger partial charge in [0.05, 0.1) is 9.92 Å². The van der Waals surface area contributed by atoms with Gasteiger partial charge in [-0.25, -0.2) is 12.8 Å². The molecule has 0 atom stereocenters. The number of carbonyl (C=O) groups is 1. The predicted octanol–water partition coefficient (Wildman–Crippen LogP) is 2.16. The summed E-state index contributed by atoms with van der Waals surface area (Å²) in [5.41, 5.74) is 5.41. The number of unbranched alkanes of at least 4 members (excludes halogenated alkanes) is 1. The average molecular weight is 428 g/mol. The molecule has 0 bridgehead atoms. The first kappa shape index (κ1) is 23.1. The normalized spacial score (nSPS) is 16.1. The molecule has 1 aromatic rings. The molecule has 1 aliphatic heterocycles. The van der Waals surface area contributed by atoms with E-state index in [1.807, 2.05) is 0 Å². The number of nitrogens with one attached hydrogen (secondary N) is 1. The highest BCUT2D eigenvalue weighted by Gasteiger charge is 2.32. The Hall–Kier alpha value is -0.930. The van der Waals surface area contributed by atoms with Gasteiger partial charge in [0.25, 0.3) is 0 Å². The Labute approximate surface area is 164 Å². The van der Waals surface area contributed by atoms with Gasteiger partial charge in [0.2, 0.25) is 15.9 Å². The Kier molecular flexibility index (Phi) is 9.26. The van der Waals surface area contributed by atoms with Gasteiger partial charge in [-0.1, -0.05) is 11.6 Å². The van der Waals surface area contributed by atoms with E-state index in [0.717, 1.165) is 25.0 Å². The van der Waals surface area contributed by atoms with Gasteiger partial charge in [-0.2, -0.15) is 4.31 Å². The van der Waals surface area contributed by atoms with Crippen LogP contribution in [0.15, 0.2) is 23.1 Å². The number of piperidine rings is 1. The third-order valence-electron chi connectivity index (χ3n) is 4.28. The van der Waals surface area contributed by atoms with E-state index in [4.69, 9.17) is 17.3 Å². The predicted molar refractivity (Wildman–Crippen MR) is 101 cm³/mol. The summed E-state index contributed by atoms with van der Waals surface area (Å²) in [7, 11) is -3.74. The molecule has 1 saturated heterocycles. The van der Waals surface area contributed by atoms with Crippen molar-refractivity contribution in [3.8, 4) is 0 Å². The minimum atomic E-state index is -3.74. The zero-order valence-electron chi connectivity index (χ0n) is 14.3. The lowest BCUT2D eigenvalue weighted by Gasteiger charge is -2.30. The Morgan fingerprint density at radius 3 is 2.54 bits per heavy atom. The molecule has 148 valence electrons. The van der Waals surface area contributed by atoms with Crippen molar-refractivity contribution < 1.29 is 17.6 Å². The van der Waals surface area contributed by atoms with Crippen LogP contribution in [0.25, 0.3) is 0 Å². The maximum absolute atomic E-state index is 13.2. The van der Waals surface area contributed by atoms with Crippen LogP contribution in [-0.4, -0.2) is 44.8 Å². The van der Waals surface area contributed by atoms with Crippen LogP contribution in [0.2, 0.25) is 5.02 Å². The molecule has 1 amide bonds. The third kappa shape index (κ3) is 5.79. The summed E-state index contributed by atoms with van der Waals surface area (Å²) in [5, 5.41) is 2.64. The third-order valence-corrected chi connectivity index (χ3v) is 6.47. The van der Waals surface area contributed by atoms with E-state index in [0.29, 0.717) is 25.9 Å². The van der Waals surface area contributed by atoms with Crippen LogP contribution in [0.3, 0.4) is 0 Å². The summed E-state index contributed by atoms with van der Waals surface area (Å²) >= 11 is 5.68. The molecule has 0 spiro atoms. The Morgan fingerprint density at radius 1 is 1.31 bits per heavy atom. The van der Waals surface area contributed by atoms with Gasteiger partial charge in [-0.05, 0) is 50.4 Å². The van der Waals surface area contributed by atoms with Crippen LogP contribution >= 0.6 is 24.0 Å². The van der Waals surface area contributed by atoms with E-state index >= 15 is 0 Å². The van der Waals surface area contributed by atoms with Gasteiger partial charge in [-0.15, -0.1) is 12.4 Å². The Bertz CT molecular complexity index is 711. The SMILES string of the molecule is Cl.NCCCCNC(=O)C1CCN(S(=O)(=O)c2ccc(F)c(Cl)c2)CC1. The smallest absolute Gasteiger partial charge is 0.243 e. The minimum Gasteiger partial charge on any atom is -0.356 e. The fourth-order valence-corrected chi connectivity index (χ4v) is 4.51. The molecular formula is C16H24Cl2FN3O3S. The van der Waals surface area contributed by atoms with Crippen molar-refractivity contribution in [1.82, 2.24) is 9.62 Å². The highest BCUT2D eigenvalue weighted by molar-refractivity contribution is 7.89. The van der Waals surface area contributed by atoms with E-state index < -0.39 is 15.8 Å². The zero-order valence-corrected chi connectivity index (χ0v) is 16.7. The van der Waals surface area contributed by atoms with Crippen LogP contribution in [0.1, 0.15) is 25.7 Å². The van der Waals surface area contributed by atoms with Crippen molar-refractivity contribution in [2.75, 3.05) is 26.2 Å². The van der Waals surface area contributed by atoms with Gasteiger partial charge in [-0.3, -0.25) is 4.79 Å². The van der Waals surface area contributed by atoms with E-state index in [1.54, 1.807) is 0 Å². The fraction of sp³-hybridized carbons (Fsp3) is 0.562. The molecule has 2 rings (SSSR count). The molecule has 1 heterocycles. The van der Waals surface area contributed by atoms with Gasteiger partial charge in [0, 0.05) is 25.6 Å². The molecule has 0 aromatic heterocycles. The number of sulfonamides is 1. The summed E-state index contributed by atoms with van der Waals surface area (Å²) in [5.74, 6) is -0.898. The summed E-state index contributed by atoms with van der Waals surface area (Å²) in [4.78, 5) is 12.1. The molecule has 6 nitrogen and oxygen atoms in total. The van der Waals surface area contributed by atoms with Crippen molar-refractivity contribution in [3.63, 3.8) is 0 Å². The van der Waals surface area contributed by atoms with Crippen molar-refractivity contribution >= 4 is 39.9 Å². The maximum Gasteiger partial charge on any atom is 0.243 e. The number of rotatable bonds is 7. The van der Waals surface area contributed by atoms with Crippen molar-refractivity contribution in [1.29, 1.82) is 0 Å². The topological polar surface area (TPSA) is 92.5 Å². The van der Waals surface area contributed by atoms with Gasteiger partial charge in [0.1, 0.15) is 5.82 Å². The summed E-state index contributed by atoms with van der Waals surface area (Å²) < 4.78 is 39.7. The number of hydrogen-bond donors (Lipinski definition) is 2. The van der Waals surface area contributed by atoms with Gasteiger partial charge >= 0.3 is 0 Å². The lowest BCUT2D eigenvalue weighted by molar-refractivity contribution is -0.126. The number of nitrogens with two attached hydrogens (primary N) is 1. The van der Waals surface area contributed by atoms with Crippen molar-refractivity contribution in [2.45, 2.75) is 30.6 Å². The Balaban J connectivity index is 0.00000338. The monoisotopic (exact) mass is 427 g/mol. The van der Waals surface area contributed by atoms with Crippen molar-refractivity contribution in [3.05, 3.63) is 29.0 Å². The second-order valence-electron chi connectivity index (χ2n) is 6.04. The largest absolute Gasteiger partial charge is 0.356 e. The molecule has 10 heteroatoms. The number of hydrogen-bond acceptors (Lipinski definition) is 4. The highest BCUT2D eigenvalue weighted by atomic mass is 35.5. The first-order valence-electron chi connectivity index (χ1n) is 8.29. The quantitative estimate of drug-likeness (QED) is 0.651. The van der Waals surface area contributed by atoms with Crippen LogP contribution in [-0.2, 0) is 14.8 Å². The minimum absolute atomic E-state index is 0. The van der Waals surface area contributed by atoms with Gasteiger partial charge in [0.15, 0.2) is 0 Å². The molecule has 1 aromatic carbocycles. The number of halogens is 3. The Morgan fingerprint density at radius 2 is 1.96 bits per heavy atom. The van der Waals surface area contributed by atoms with Crippen LogP contribution in [0, 0.1) is 11.7 Å². The van der Waals surface area contributed by atoms with Crippen LogP contribution in [0.4, 0.5) is 4.39 Å². The summed E-state index contributed by atoms with van der Waals surface area (Å²) in [6.45, 7) is 1.68. The molecule has 0 aliphatic carbocycles.